The summed E-state index contributed by atoms with van der Waals surface area (Å²) in [6, 6.07) is -0.700. The molecule has 135 heavy (non-hydrogen) atoms. The smallest absolute Gasteiger partial charge is 0.303 e. The Morgan fingerprint density at radius 2 is 1.16 bits per heavy atom. The zero-order chi connectivity index (χ0) is 98.4. The molecule has 0 aliphatic carbocycles. The number of aliphatic carboxylic acids is 1. The number of H-pyrrole nitrogens is 3. The highest BCUT2D eigenvalue weighted by molar-refractivity contribution is 8.00. The molecular formula is C90H125N23O21S. The summed E-state index contributed by atoms with van der Waals surface area (Å²) in [6.45, 7) is 1.94. The standard InChI is InChI=1S/C90H125N23O21S/c1-7-9-22-69-83(128)102-61(21-15-31-96-90(93)94)80(125)108-68(79(124)99-43-74(92)118)46-135-47-75(119)101-64(33-50-25-27-55(115)28-26-50)85(130)109(4)49(3)77(122)106-66(39-91)88(133)112-32-16-24-70(112)84(129)104-63(37-54-42-95-48-100-54)81(126)103-62(29-30-76(120)121)87(132)113-44-56(116)38-72(113)73(117)36-51(34-52-40-97-59-19-13-11-17-57(52)59)78(123)107-67(45-114)82(127)105-65(35-53-41-98-60-20-14-12-18-58(53)60)86(131)111(6)71(23-10-8-2)89(134)110(69)5/h11-14,17-20,25-28,40-42,48-49,51,56,61-72,97-98,114-116H,7-10,15-16,21-24,29-39,43-47,91H2,1-6H3,(H2,92,118)(H,95,100)(H,99,124)(H,101,119)(H,102,128)(H,103,126)(H,104,129)(H,105,127)(H,106,122)(H,107,123)(H,108,125)(H,120,121)(H4,93,94,96)/t49-,51+,56+,61-,62-,63-,64-,65-,66-,67-,68-,69-,70-,71-,72-/m0/s1. The van der Waals surface area contributed by atoms with Gasteiger partial charge in [-0.05, 0) is 99.2 Å². The van der Waals surface area contributed by atoms with Crippen LogP contribution in [0.1, 0.15) is 133 Å². The van der Waals surface area contributed by atoms with Crippen LogP contribution in [0.5, 0.6) is 5.75 Å². The molecule has 3 saturated heterocycles. The summed E-state index contributed by atoms with van der Waals surface area (Å²) in [5.41, 5.74) is 20.1. The van der Waals surface area contributed by atoms with Crippen molar-refractivity contribution in [3.63, 3.8) is 0 Å². The van der Waals surface area contributed by atoms with Crippen LogP contribution in [0.3, 0.4) is 0 Å². The fraction of sp³-hybridized carbons (Fsp3) is 0.522. The first kappa shape index (κ1) is 105. The number of aliphatic hydroxyl groups excluding tert-OH is 2. The van der Waals surface area contributed by atoms with Crippen molar-refractivity contribution in [1.29, 1.82) is 5.41 Å². The predicted molar refractivity (Wildman–Crippen MR) is 494 cm³/mol. The van der Waals surface area contributed by atoms with Crippen LogP contribution in [0.2, 0.25) is 0 Å². The Bertz CT molecular complexity index is 5210. The number of hydrogen-bond acceptors (Lipinski definition) is 24. The van der Waals surface area contributed by atoms with Gasteiger partial charge >= 0.3 is 5.97 Å². The first-order chi connectivity index (χ1) is 64.4. The molecule has 0 saturated carbocycles. The van der Waals surface area contributed by atoms with E-state index in [1.165, 1.54) is 64.9 Å². The largest absolute Gasteiger partial charge is 0.508 e. The van der Waals surface area contributed by atoms with Crippen molar-refractivity contribution in [2.75, 3.05) is 72.0 Å². The SMILES string of the molecule is CCCC[C@H]1C(=O)N(C)[C@@H](CCCC)C(=O)N[C@@H](CCCNC(=N)N)C(=O)N[C@H](C(=O)NCC(N)=O)CSCC(=O)N[C@@H](Cc2ccc(O)cc2)C(=O)N(C)[C@@H](C)C(=O)N[C@@H](CN)C(=O)N2CCC[C@H]2C(=O)N[C@@H](Cc2c[nH]cn2)C(=O)N[C@@H](CCC(=O)O)C(=O)N2C[C@H](O)C[C@H]2C(=O)C[C@@H](Cc2c[nH]c3ccccc23)C(=O)N[C@@H](CO)C(=O)N[C@@H](Cc2c[nH]c3ccccc23)C(=O)N1C. The first-order valence-electron chi connectivity index (χ1n) is 45.1. The third-order valence-electron chi connectivity index (χ3n) is 24.4. The van der Waals surface area contributed by atoms with E-state index in [2.05, 4.69) is 73.1 Å². The van der Waals surface area contributed by atoms with Crippen LogP contribution in [0.25, 0.3) is 21.8 Å². The minimum Gasteiger partial charge on any atom is -0.508 e. The molecule has 15 atom stereocenters. The number of carbonyl (C=O) groups excluding carboxylic acids is 16. The number of thioether (sulfide) groups is 1. The highest BCUT2D eigenvalue weighted by Gasteiger charge is 2.47. The molecule has 24 N–H and O–H groups in total. The van der Waals surface area contributed by atoms with Crippen molar-refractivity contribution in [2.24, 2.45) is 23.1 Å². The maximum Gasteiger partial charge on any atom is 0.303 e. The number of nitrogens with two attached hydrogens (primary N) is 3. The molecule has 732 valence electrons. The van der Waals surface area contributed by atoms with E-state index in [1.54, 1.807) is 60.9 Å². The fourth-order valence-corrected chi connectivity index (χ4v) is 17.6. The van der Waals surface area contributed by atoms with E-state index in [-0.39, 0.29) is 88.7 Å². The van der Waals surface area contributed by atoms with Gasteiger partial charge in [0.05, 0.1) is 43.1 Å². The Balaban J connectivity index is 1.10. The molecule has 0 unspecified atom stereocenters. The molecule has 3 aromatic carbocycles. The van der Waals surface area contributed by atoms with Crippen molar-refractivity contribution in [3.05, 3.63) is 120 Å². The first-order valence-corrected chi connectivity index (χ1v) is 46.2. The van der Waals surface area contributed by atoms with Crippen molar-refractivity contribution < 1.29 is 102 Å². The number of imidazole rings is 1. The average molecular weight is 1900 g/mol. The quantitative estimate of drug-likeness (QED) is 0.0147. The Hall–Kier alpha value is -13.6. The molecule has 15 amide bonds. The average Bonchev–Trinajstić information content (AvgIpc) is 1.67. The number of amides is 15. The van der Waals surface area contributed by atoms with Crippen LogP contribution in [0.4, 0.5) is 0 Å². The second-order valence-corrected chi connectivity index (χ2v) is 35.2. The van der Waals surface area contributed by atoms with E-state index in [0.29, 0.717) is 64.2 Å². The molecule has 0 spiro atoms. The van der Waals surface area contributed by atoms with Gasteiger partial charge in [0, 0.05) is 138 Å². The maximum absolute atomic E-state index is 15.8. The van der Waals surface area contributed by atoms with E-state index in [1.807, 2.05) is 13.8 Å². The Labute approximate surface area is 783 Å². The van der Waals surface area contributed by atoms with Gasteiger partial charge in [-0.25, -0.2) is 4.98 Å². The van der Waals surface area contributed by atoms with E-state index in [9.17, 15) is 68.4 Å². The number of likely N-dealkylation sites (N-methyl/N-ethyl adjacent to an activating group) is 3. The lowest BCUT2D eigenvalue weighted by Crippen LogP contribution is -2.61. The van der Waals surface area contributed by atoms with Crippen molar-refractivity contribution in [1.82, 2.24) is 97.6 Å². The maximum atomic E-state index is 15.8. The van der Waals surface area contributed by atoms with Crippen molar-refractivity contribution in [2.45, 2.75) is 221 Å². The number of carboxylic acid groups (broad SMARTS) is 1. The molecule has 6 aromatic rings. The number of primary amides is 1. The molecule has 0 bridgehead atoms. The number of aromatic hydroxyl groups is 1. The number of hydrogen-bond donors (Lipinski definition) is 21. The highest BCUT2D eigenvalue weighted by atomic mass is 32.2. The van der Waals surface area contributed by atoms with Gasteiger partial charge < -0.3 is 130 Å². The number of aromatic nitrogens is 4. The number of Topliss-reactive ketones (excluding diaryl/α,β-unsaturated/α-hetero) is 1. The topological polar surface area (TPSA) is 670 Å². The number of nitrogens with zero attached hydrogens (tertiary/aromatic N) is 6. The number of fused-ring (bicyclic) bond motifs is 4. The Morgan fingerprint density at radius 3 is 1.78 bits per heavy atom. The minimum atomic E-state index is -1.89. The number of rotatable bonds is 26. The van der Waals surface area contributed by atoms with Crippen LogP contribution in [0.15, 0.2) is 97.7 Å². The number of guanidine groups is 1. The third-order valence-corrected chi connectivity index (χ3v) is 25.4. The number of ketones is 1. The number of nitrogens with one attached hydrogen (secondary N) is 14. The van der Waals surface area contributed by atoms with Crippen LogP contribution in [-0.4, -0.2) is 328 Å². The lowest BCUT2D eigenvalue weighted by molar-refractivity contribution is -0.149. The summed E-state index contributed by atoms with van der Waals surface area (Å²) in [5.74, 6) is -19.4. The number of benzene rings is 3. The molecule has 3 fully saturated rings. The number of unbranched alkanes of at least 4 members (excludes halogenated alkanes) is 2. The predicted octanol–water partition coefficient (Wildman–Crippen LogP) is -2.94. The number of phenols is 1. The molecule has 3 aliphatic rings. The van der Waals surface area contributed by atoms with E-state index < -0.39 is 260 Å². The second kappa shape index (κ2) is 50.5. The summed E-state index contributed by atoms with van der Waals surface area (Å²) >= 11 is 0.770. The van der Waals surface area contributed by atoms with Gasteiger partial charge in [-0.1, -0.05) is 88.1 Å². The molecule has 0 radical (unpaired) electrons. The van der Waals surface area contributed by atoms with E-state index >= 15 is 33.6 Å². The van der Waals surface area contributed by atoms with Gasteiger partial charge in [0.15, 0.2) is 11.7 Å². The van der Waals surface area contributed by atoms with E-state index in [4.69, 9.17) is 22.6 Å². The summed E-state index contributed by atoms with van der Waals surface area (Å²) in [7, 11) is 3.92. The third kappa shape index (κ3) is 29.2. The number of phenolic OH excluding ortho intramolecular Hbond substituents is 1. The van der Waals surface area contributed by atoms with Crippen LogP contribution < -0.4 is 70.4 Å². The monoisotopic (exact) mass is 1900 g/mol. The highest BCUT2D eigenvalue weighted by Crippen LogP contribution is 2.30. The lowest BCUT2D eigenvalue weighted by atomic mass is 9.90. The molecule has 9 rings (SSSR count). The number of aromatic amines is 3. The van der Waals surface area contributed by atoms with Crippen LogP contribution >= 0.6 is 11.8 Å². The van der Waals surface area contributed by atoms with Gasteiger partial charge in [0.1, 0.15) is 78.3 Å². The van der Waals surface area contributed by atoms with Crippen LogP contribution in [-0.2, 0) is 107 Å². The van der Waals surface area contributed by atoms with Crippen molar-refractivity contribution >= 4 is 140 Å². The summed E-state index contributed by atoms with van der Waals surface area (Å²) in [6.07, 6.45) is 2.37. The number of carbonyl (C=O) groups is 17. The normalized spacial score (nSPS) is 24.8. The van der Waals surface area contributed by atoms with Gasteiger partial charge in [-0.3, -0.25) is 86.9 Å². The van der Waals surface area contributed by atoms with Gasteiger partial charge in [-0.15, -0.1) is 11.8 Å². The molecule has 45 heteroatoms. The molecule has 6 heterocycles. The fourth-order valence-electron chi connectivity index (χ4n) is 16.7. The van der Waals surface area contributed by atoms with E-state index in [0.717, 1.165) is 36.3 Å². The van der Waals surface area contributed by atoms with Crippen LogP contribution in [0, 0.1) is 11.3 Å². The zero-order valence-corrected chi connectivity index (χ0v) is 77.2. The van der Waals surface area contributed by atoms with Crippen molar-refractivity contribution in [3.8, 4) is 5.75 Å². The van der Waals surface area contributed by atoms with Gasteiger partial charge in [0.2, 0.25) is 88.6 Å². The Morgan fingerprint density at radius 1 is 0.578 bits per heavy atom. The zero-order valence-electron chi connectivity index (χ0n) is 76.3. The molecule has 3 aliphatic heterocycles. The molecule has 44 nitrogen and oxygen atoms in total. The molecule has 3 aromatic heterocycles. The minimum absolute atomic E-state index is 0.00218. The number of para-hydroxylation sites is 2. The summed E-state index contributed by atoms with van der Waals surface area (Å²) < 4.78 is 0. The number of aliphatic hydroxyl groups is 2. The summed E-state index contributed by atoms with van der Waals surface area (Å²) in [5, 5.41) is 78.2. The molecular weight excluding hydrogens is 1770 g/mol. The second-order valence-electron chi connectivity index (χ2n) is 34.1. The van der Waals surface area contributed by atoms with Gasteiger partial charge in [0.25, 0.3) is 0 Å². The summed E-state index contributed by atoms with van der Waals surface area (Å²) in [4.78, 5) is 268. The lowest BCUT2D eigenvalue weighted by Gasteiger charge is -2.36. The number of carboxylic acids is 1. The van der Waals surface area contributed by atoms with Gasteiger partial charge in [-0.2, -0.15) is 0 Å². The Kier molecular flexibility index (Phi) is 39.3.